The molecule has 0 fully saturated rings. The SMILES string of the molecule is COc1c2c(cc3occc13)OC(c1ccccc1)CC2=O. The largest absolute Gasteiger partial charge is 0.495 e. The zero-order valence-corrected chi connectivity index (χ0v) is 12.0. The van der Waals surface area contributed by atoms with Gasteiger partial charge < -0.3 is 13.9 Å². The van der Waals surface area contributed by atoms with E-state index in [1.54, 1.807) is 25.5 Å². The predicted molar refractivity (Wildman–Crippen MR) is 81.5 cm³/mol. The molecule has 0 aliphatic carbocycles. The highest BCUT2D eigenvalue weighted by Gasteiger charge is 2.32. The van der Waals surface area contributed by atoms with Crippen LogP contribution >= 0.6 is 0 Å². The average molecular weight is 294 g/mol. The monoisotopic (exact) mass is 294 g/mol. The quantitative estimate of drug-likeness (QED) is 0.712. The summed E-state index contributed by atoms with van der Waals surface area (Å²) in [6.45, 7) is 0. The summed E-state index contributed by atoms with van der Waals surface area (Å²) in [5.74, 6) is 1.07. The molecule has 1 unspecified atom stereocenters. The van der Waals surface area contributed by atoms with E-state index < -0.39 is 0 Å². The Morgan fingerprint density at radius 3 is 2.77 bits per heavy atom. The van der Waals surface area contributed by atoms with Gasteiger partial charge in [-0.15, -0.1) is 0 Å². The Hall–Kier alpha value is -2.75. The molecule has 0 bridgehead atoms. The zero-order chi connectivity index (χ0) is 15.1. The third-order valence-corrected chi connectivity index (χ3v) is 3.97. The van der Waals surface area contributed by atoms with Crippen molar-refractivity contribution in [2.75, 3.05) is 7.11 Å². The zero-order valence-electron chi connectivity index (χ0n) is 12.0. The standard InChI is InChI=1S/C18H14O4/c1-20-18-12-7-8-21-15(12)10-16-17(18)13(19)9-14(22-16)11-5-3-2-4-6-11/h2-8,10,14H,9H2,1H3. The van der Waals surface area contributed by atoms with E-state index in [9.17, 15) is 4.79 Å². The molecular weight excluding hydrogens is 280 g/mol. The first kappa shape index (κ1) is 13.0. The lowest BCUT2D eigenvalue weighted by molar-refractivity contribution is 0.0845. The first-order chi connectivity index (χ1) is 10.8. The molecule has 0 radical (unpaired) electrons. The molecule has 2 heterocycles. The molecule has 22 heavy (non-hydrogen) atoms. The highest BCUT2D eigenvalue weighted by atomic mass is 16.5. The summed E-state index contributed by atoms with van der Waals surface area (Å²) in [6, 6.07) is 13.3. The number of rotatable bonds is 2. The highest BCUT2D eigenvalue weighted by molar-refractivity contribution is 6.07. The van der Waals surface area contributed by atoms with Gasteiger partial charge in [0.1, 0.15) is 28.7 Å². The molecule has 1 aliphatic rings. The van der Waals surface area contributed by atoms with Crippen LogP contribution in [0.2, 0.25) is 0 Å². The van der Waals surface area contributed by atoms with Gasteiger partial charge in [-0.3, -0.25) is 4.79 Å². The predicted octanol–water partition coefficient (Wildman–Crippen LogP) is 4.15. The van der Waals surface area contributed by atoms with Gasteiger partial charge in [0.05, 0.1) is 25.2 Å². The van der Waals surface area contributed by atoms with Gasteiger partial charge in [-0.25, -0.2) is 0 Å². The van der Waals surface area contributed by atoms with Crippen LogP contribution in [0, 0.1) is 0 Å². The van der Waals surface area contributed by atoms with Gasteiger partial charge in [-0.05, 0) is 11.6 Å². The number of methoxy groups -OCH3 is 1. The number of ketones is 1. The Kier molecular flexibility index (Phi) is 2.89. The number of hydrogen-bond acceptors (Lipinski definition) is 4. The Morgan fingerprint density at radius 2 is 2.00 bits per heavy atom. The number of carbonyl (C=O) groups is 1. The van der Waals surface area contributed by atoms with Gasteiger partial charge in [0.25, 0.3) is 0 Å². The lowest BCUT2D eigenvalue weighted by Crippen LogP contribution is -2.21. The molecule has 110 valence electrons. The molecule has 4 nitrogen and oxygen atoms in total. The molecule has 3 aromatic rings. The molecule has 2 aromatic carbocycles. The lowest BCUT2D eigenvalue weighted by Gasteiger charge is -2.26. The number of Topliss-reactive ketones (excluding diaryl/α,β-unsaturated/α-hetero) is 1. The second-order valence-corrected chi connectivity index (χ2v) is 5.26. The molecule has 4 heteroatoms. The van der Waals surface area contributed by atoms with Gasteiger partial charge in [0.15, 0.2) is 5.78 Å². The summed E-state index contributed by atoms with van der Waals surface area (Å²) >= 11 is 0. The molecule has 1 atom stereocenters. The Bertz CT molecular complexity index is 848. The Morgan fingerprint density at radius 1 is 1.18 bits per heavy atom. The van der Waals surface area contributed by atoms with Crippen molar-refractivity contribution in [2.45, 2.75) is 12.5 Å². The number of hydrogen-bond donors (Lipinski definition) is 0. The molecule has 1 aliphatic heterocycles. The van der Waals surface area contributed by atoms with Gasteiger partial charge >= 0.3 is 0 Å². The van der Waals surface area contributed by atoms with Crippen LogP contribution in [0.4, 0.5) is 0 Å². The summed E-state index contributed by atoms with van der Waals surface area (Å²) in [7, 11) is 1.55. The van der Waals surface area contributed by atoms with E-state index in [0.29, 0.717) is 29.1 Å². The van der Waals surface area contributed by atoms with Crippen molar-refractivity contribution in [3.05, 3.63) is 59.9 Å². The van der Waals surface area contributed by atoms with E-state index in [-0.39, 0.29) is 11.9 Å². The summed E-state index contributed by atoms with van der Waals surface area (Å²) in [5, 5.41) is 0.788. The van der Waals surface area contributed by atoms with Crippen LogP contribution in [0.1, 0.15) is 28.4 Å². The second kappa shape index (κ2) is 4.91. The van der Waals surface area contributed by atoms with Gasteiger partial charge in [0, 0.05) is 6.07 Å². The normalized spacial score (nSPS) is 17.1. The van der Waals surface area contributed by atoms with Crippen LogP contribution in [0.15, 0.2) is 53.1 Å². The fourth-order valence-electron chi connectivity index (χ4n) is 2.95. The summed E-state index contributed by atoms with van der Waals surface area (Å²) in [4.78, 5) is 12.6. The van der Waals surface area contributed by atoms with Crippen molar-refractivity contribution >= 4 is 16.8 Å². The third-order valence-electron chi connectivity index (χ3n) is 3.97. The third kappa shape index (κ3) is 1.88. The van der Waals surface area contributed by atoms with Crippen molar-refractivity contribution in [3.8, 4) is 11.5 Å². The number of fused-ring (bicyclic) bond motifs is 2. The van der Waals surface area contributed by atoms with E-state index in [1.807, 2.05) is 30.3 Å². The lowest BCUT2D eigenvalue weighted by atomic mass is 9.94. The van der Waals surface area contributed by atoms with Crippen LogP contribution in [-0.2, 0) is 0 Å². The molecule has 0 N–H and O–H groups in total. The van der Waals surface area contributed by atoms with E-state index in [1.165, 1.54) is 0 Å². The molecule has 0 saturated carbocycles. The van der Waals surface area contributed by atoms with E-state index in [0.717, 1.165) is 10.9 Å². The van der Waals surface area contributed by atoms with Crippen LogP contribution in [0.5, 0.6) is 11.5 Å². The molecule has 0 spiro atoms. The molecule has 0 amide bonds. The maximum Gasteiger partial charge on any atom is 0.174 e. The fourth-order valence-corrected chi connectivity index (χ4v) is 2.95. The Labute approximate surface area is 127 Å². The summed E-state index contributed by atoms with van der Waals surface area (Å²) in [5.41, 5.74) is 2.14. The number of benzene rings is 2. The van der Waals surface area contributed by atoms with E-state index in [2.05, 4.69) is 0 Å². The Balaban J connectivity index is 1.86. The van der Waals surface area contributed by atoms with Crippen molar-refractivity contribution in [3.63, 3.8) is 0 Å². The van der Waals surface area contributed by atoms with Crippen molar-refractivity contribution in [1.82, 2.24) is 0 Å². The minimum Gasteiger partial charge on any atom is -0.495 e. The van der Waals surface area contributed by atoms with Crippen LogP contribution in [0.25, 0.3) is 11.0 Å². The fraction of sp³-hybridized carbons (Fsp3) is 0.167. The van der Waals surface area contributed by atoms with Gasteiger partial charge in [-0.2, -0.15) is 0 Å². The molecule has 4 rings (SSSR count). The van der Waals surface area contributed by atoms with Gasteiger partial charge in [0.2, 0.25) is 0 Å². The molecular formula is C18H14O4. The topological polar surface area (TPSA) is 48.7 Å². The summed E-state index contributed by atoms with van der Waals surface area (Å²) < 4.78 is 16.9. The van der Waals surface area contributed by atoms with E-state index >= 15 is 0 Å². The van der Waals surface area contributed by atoms with Gasteiger partial charge in [-0.1, -0.05) is 30.3 Å². The number of furan rings is 1. The minimum atomic E-state index is -0.279. The molecule has 0 saturated heterocycles. The van der Waals surface area contributed by atoms with E-state index in [4.69, 9.17) is 13.9 Å². The van der Waals surface area contributed by atoms with Crippen LogP contribution < -0.4 is 9.47 Å². The van der Waals surface area contributed by atoms with Crippen LogP contribution in [0.3, 0.4) is 0 Å². The van der Waals surface area contributed by atoms with Crippen molar-refractivity contribution in [1.29, 1.82) is 0 Å². The minimum absolute atomic E-state index is 0.0232. The first-order valence-electron chi connectivity index (χ1n) is 7.11. The van der Waals surface area contributed by atoms with Crippen LogP contribution in [-0.4, -0.2) is 12.9 Å². The first-order valence-corrected chi connectivity index (χ1v) is 7.11. The smallest absolute Gasteiger partial charge is 0.174 e. The maximum absolute atomic E-state index is 12.6. The second-order valence-electron chi connectivity index (χ2n) is 5.26. The van der Waals surface area contributed by atoms with Crippen molar-refractivity contribution < 1.29 is 18.7 Å². The molecule has 1 aromatic heterocycles. The summed E-state index contributed by atoms with van der Waals surface area (Å²) in [6.07, 6.45) is 1.60. The maximum atomic E-state index is 12.6. The number of carbonyl (C=O) groups excluding carboxylic acids is 1. The average Bonchev–Trinajstić information content (AvgIpc) is 3.01. The van der Waals surface area contributed by atoms with Crippen molar-refractivity contribution in [2.24, 2.45) is 0 Å². The highest BCUT2D eigenvalue weighted by Crippen LogP contribution is 2.43. The number of ether oxygens (including phenoxy) is 2.